The molecule has 0 radical (unpaired) electrons. The highest BCUT2D eigenvalue weighted by atomic mass is 16.1. The van der Waals surface area contributed by atoms with E-state index in [0.717, 1.165) is 22.6 Å². The summed E-state index contributed by atoms with van der Waals surface area (Å²) in [6, 6.07) is 18.4. The molecule has 0 bridgehead atoms. The van der Waals surface area contributed by atoms with E-state index in [1.165, 1.54) is 64.2 Å². The maximum absolute atomic E-state index is 13.1. The summed E-state index contributed by atoms with van der Waals surface area (Å²) in [5, 5.41) is 0. The summed E-state index contributed by atoms with van der Waals surface area (Å²) in [6.07, 6.45) is 14.2. The minimum absolute atomic E-state index is 0.322. The van der Waals surface area contributed by atoms with E-state index in [2.05, 4.69) is 25.1 Å². The summed E-state index contributed by atoms with van der Waals surface area (Å²) in [5.41, 5.74) is 3.11. The molecule has 2 aromatic rings. The van der Waals surface area contributed by atoms with Gasteiger partial charge in [-0.25, -0.2) is 0 Å². The van der Waals surface area contributed by atoms with Crippen LogP contribution in [0.1, 0.15) is 87.9 Å². The number of hydrogen-bond donors (Lipinski definition) is 0. The van der Waals surface area contributed by atoms with Crippen LogP contribution in [0.25, 0.3) is 11.1 Å². The van der Waals surface area contributed by atoms with Crippen LogP contribution in [0.5, 0.6) is 0 Å². The Balaban J connectivity index is 1.49. The SMILES string of the molecule is CCCCCCCC1CCC(CC(=O)c2ccccc2-c2ccccc2)CC1. The second kappa shape index (κ2) is 11.2. The summed E-state index contributed by atoms with van der Waals surface area (Å²) < 4.78 is 0. The first kappa shape index (κ1) is 20.8. The summed E-state index contributed by atoms with van der Waals surface area (Å²) in [4.78, 5) is 13.1. The van der Waals surface area contributed by atoms with Gasteiger partial charge in [-0.3, -0.25) is 4.79 Å². The Labute approximate surface area is 171 Å². The number of ketones is 1. The van der Waals surface area contributed by atoms with Gasteiger partial charge in [-0.2, -0.15) is 0 Å². The standard InChI is InChI=1S/C27H36O/c1-2-3-4-5-7-12-22-17-19-23(20-18-22)21-27(28)26-16-11-10-15-25(26)24-13-8-6-9-14-24/h6,8-11,13-16,22-23H,2-5,7,12,17-21H2,1H3. The Hall–Kier alpha value is -1.89. The molecule has 0 saturated heterocycles. The molecule has 2 aromatic carbocycles. The molecule has 1 aliphatic rings. The van der Waals surface area contributed by atoms with Crippen molar-refractivity contribution in [2.75, 3.05) is 0 Å². The molecule has 1 nitrogen and oxygen atoms in total. The number of hydrogen-bond acceptors (Lipinski definition) is 1. The molecule has 28 heavy (non-hydrogen) atoms. The zero-order valence-corrected chi connectivity index (χ0v) is 17.5. The molecule has 3 rings (SSSR count). The van der Waals surface area contributed by atoms with Gasteiger partial charge in [0, 0.05) is 12.0 Å². The first-order valence-electron chi connectivity index (χ1n) is 11.5. The highest BCUT2D eigenvalue weighted by Gasteiger charge is 2.24. The van der Waals surface area contributed by atoms with Gasteiger partial charge in [0.15, 0.2) is 5.78 Å². The monoisotopic (exact) mass is 376 g/mol. The van der Waals surface area contributed by atoms with E-state index < -0.39 is 0 Å². The van der Waals surface area contributed by atoms with Crippen LogP contribution >= 0.6 is 0 Å². The van der Waals surface area contributed by atoms with Crippen molar-refractivity contribution in [3.8, 4) is 11.1 Å². The van der Waals surface area contributed by atoms with Gasteiger partial charge in [-0.1, -0.05) is 113 Å². The molecule has 0 amide bonds. The number of benzene rings is 2. The van der Waals surface area contributed by atoms with Crippen LogP contribution in [0.4, 0.5) is 0 Å². The molecule has 0 atom stereocenters. The zero-order chi connectivity index (χ0) is 19.6. The Morgan fingerprint density at radius 2 is 1.43 bits per heavy atom. The minimum Gasteiger partial charge on any atom is -0.294 e. The van der Waals surface area contributed by atoms with Gasteiger partial charge in [0.2, 0.25) is 0 Å². The van der Waals surface area contributed by atoms with E-state index >= 15 is 0 Å². The van der Waals surface area contributed by atoms with E-state index in [4.69, 9.17) is 0 Å². The molecule has 1 fully saturated rings. The van der Waals surface area contributed by atoms with Gasteiger partial charge < -0.3 is 0 Å². The lowest BCUT2D eigenvalue weighted by Gasteiger charge is -2.28. The molecule has 0 N–H and O–H groups in total. The fourth-order valence-corrected chi connectivity index (χ4v) is 4.73. The maximum atomic E-state index is 13.1. The topological polar surface area (TPSA) is 17.1 Å². The Kier molecular flexibility index (Phi) is 8.33. The van der Waals surface area contributed by atoms with Crippen LogP contribution in [0.3, 0.4) is 0 Å². The number of carbonyl (C=O) groups excluding carboxylic acids is 1. The van der Waals surface area contributed by atoms with Crippen LogP contribution in [-0.4, -0.2) is 5.78 Å². The van der Waals surface area contributed by atoms with Crippen molar-refractivity contribution in [2.24, 2.45) is 11.8 Å². The van der Waals surface area contributed by atoms with Crippen molar-refractivity contribution in [1.82, 2.24) is 0 Å². The van der Waals surface area contributed by atoms with Gasteiger partial charge in [0.05, 0.1) is 0 Å². The summed E-state index contributed by atoms with van der Waals surface area (Å²) in [5.74, 6) is 1.81. The van der Waals surface area contributed by atoms with Gasteiger partial charge in [0.25, 0.3) is 0 Å². The molecule has 0 unspecified atom stereocenters. The van der Waals surface area contributed by atoms with Crippen molar-refractivity contribution in [1.29, 1.82) is 0 Å². The van der Waals surface area contributed by atoms with Crippen molar-refractivity contribution >= 4 is 5.78 Å². The molecular weight excluding hydrogens is 340 g/mol. The van der Waals surface area contributed by atoms with Gasteiger partial charge in [-0.05, 0) is 35.8 Å². The zero-order valence-electron chi connectivity index (χ0n) is 17.5. The number of unbranched alkanes of at least 4 members (excludes halogenated alkanes) is 4. The fourth-order valence-electron chi connectivity index (χ4n) is 4.73. The fraction of sp³-hybridized carbons (Fsp3) is 0.519. The molecule has 150 valence electrons. The second-order valence-corrected chi connectivity index (χ2v) is 8.63. The highest BCUT2D eigenvalue weighted by Crippen LogP contribution is 2.35. The summed E-state index contributed by atoms with van der Waals surface area (Å²) in [7, 11) is 0. The highest BCUT2D eigenvalue weighted by molar-refractivity contribution is 6.02. The van der Waals surface area contributed by atoms with Gasteiger partial charge >= 0.3 is 0 Å². The number of Topliss-reactive ketones (excluding diaryl/α,β-unsaturated/α-hetero) is 1. The lowest BCUT2D eigenvalue weighted by Crippen LogP contribution is -2.18. The van der Waals surface area contributed by atoms with E-state index in [0.29, 0.717) is 18.1 Å². The summed E-state index contributed by atoms with van der Waals surface area (Å²) in [6.45, 7) is 2.28. The van der Waals surface area contributed by atoms with Crippen molar-refractivity contribution in [3.05, 3.63) is 60.2 Å². The van der Waals surface area contributed by atoms with Crippen LogP contribution < -0.4 is 0 Å². The van der Waals surface area contributed by atoms with Gasteiger partial charge in [-0.15, -0.1) is 0 Å². The van der Waals surface area contributed by atoms with E-state index in [1.807, 2.05) is 36.4 Å². The first-order chi connectivity index (χ1) is 13.8. The van der Waals surface area contributed by atoms with E-state index in [-0.39, 0.29) is 0 Å². The van der Waals surface area contributed by atoms with Crippen molar-refractivity contribution in [2.45, 2.75) is 77.6 Å². The molecular formula is C27H36O. The average Bonchev–Trinajstić information content (AvgIpc) is 2.75. The Morgan fingerprint density at radius 3 is 2.18 bits per heavy atom. The summed E-state index contributed by atoms with van der Waals surface area (Å²) >= 11 is 0. The average molecular weight is 377 g/mol. The molecule has 0 aliphatic heterocycles. The number of rotatable bonds is 10. The minimum atomic E-state index is 0.322. The predicted octanol–water partition coefficient (Wildman–Crippen LogP) is 8.09. The third-order valence-electron chi connectivity index (χ3n) is 6.47. The second-order valence-electron chi connectivity index (χ2n) is 8.63. The third-order valence-corrected chi connectivity index (χ3v) is 6.47. The Morgan fingerprint density at radius 1 is 0.786 bits per heavy atom. The quantitative estimate of drug-likeness (QED) is 0.302. The van der Waals surface area contributed by atoms with E-state index in [9.17, 15) is 4.79 Å². The van der Waals surface area contributed by atoms with Crippen LogP contribution in [0.2, 0.25) is 0 Å². The van der Waals surface area contributed by atoms with Crippen LogP contribution in [0.15, 0.2) is 54.6 Å². The van der Waals surface area contributed by atoms with Gasteiger partial charge in [0.1, 0.15) is 0 Å². The van der Waals surface area contributed by atoms with Crippen LogP contribution in [-0.2, 0) is 0 Å². The van der Waals surface area contributed by atoms with Crippen molar-refractivity contribution < 1.29 is 4.79 Å². The molecule has 1 heteroatoms. The molecule has 1 aliphatic carbocycles. The first-order valence-corrected chi connectivity index (χ1v) is 11.5. The van der Waals surface area contributed by atoms with Crippen molar-refractivity contribution in [3.63, 3.8) is 0 Å². The normalized spacial score (nSPS) is 19.5. The smallest absolute Gasteiger partial charge is 0.163 e. The number of carbonyl (C=O) groups is 1. The maximum Gasteiger partial charge on any atom is 0.163 e. The molecule has 0 aromatic heterocycles. The predicted molar refractivity (Wildman–Crippen MR) is 120 cm³/mol. The Bertz CT molecular complexity index is 710. The van der Waals surface area contributed by atoms with Crippen LogP contribution in [0, 0.1) is 11.8 Å². The largest absolute Gasteiger partial charge is 0.294 e. The molecule has 1 saturated carbocycles. The molecule has 0 heterocycles. The lowest BCUT2D eigenvalue weighted by molar-refractivity contribution is 0.0942. The van der Waals surface area contributed by atoms with E-state index in [1.54, 1.807) is 0 Å². The lowest BCUT2D eigenvalue weighted by atomic mass is 9.77. The molecule has 0 spiro atoms. The third kappa shape index (κ3) is 6.06.